The fourth-order valence-electron chi connectivity index (χ4n) is 2.56. The Hall–Kier alpha value is -0.600. The van der Waals surface area contributed by atoms with Crippen molar-refractivity contribution in [3.05, 3.63) is 46.0 Å². The first-order chi connectivity index (χ1) is 8.83. The quantitative estimate of drug-likeness (QED) is 0.756. The summed E-state index contributed by atoms with van der Waals surface area (Å²) in [6.45, 7) is 3.29. The van der Waals surface area contributed by atoms with Crippen LogP contribution >= 0.6 is 15.9 Å². The Balaban J connectivity index is 2.24. The van der Waals surface area contributed by atoms with Gasteiger partial charge in [-0.3, -0.25) is 0 Å². The van der Waals surface area contributed by atoms with Crippen LogP contribution in [0.2, 0.25) is 0 Å². The minimum Gasteiger partial charge on any atom is -0.307 e. The molecule has 2 rings (SSSR count). The van der Waals surface area contributed by atoms with E-state index in [0.717, 1.165) is 6.54 Å². The molecule has 1 aromatic carbocycles. The molecule has 1 atom stereocenters. The number of nitrogens with one attached hydrogen (secondary N) is 1. The molecule has 1 aliphatic rings. The summed E-state index contributed by atoms with van der Waals surface area (Å²) < 4.78 is 1.21. The largest absolute Gasteiger partial charge is 0.307 e. The van der Waals surface area contributed by atoms with Crippen molar-refractivity contribution in [2.75, 3.05) is 6.54 Å². The van der Waals surface area contributed by atoms with Crippen LogP contribution in [0.15, 0.2) is 40.4 Å². The topological polar surface area (TPSA) is 12.0 Å². The molecule has 0 spiro atoms. The fraction of sp³-hybridized carbons (Fsp3) is 0.500. The standard InChI is InChI=1S/C16H22BrN/c1-2-12-18-16(13-8-4-3-5-9-13)14-10-6-7-11-15(14)17/h6-8,10-11,16,18H,2-5,9,12H2,1H3. The zero-order valence-electron chi connectivity index (χ0n) is 11.1. The molecule has 0 heterocycles. The van der Waals surface area contributed by atoms with E-state index in [1.807, 2.05) is 0 Å². The van der Waals surface area contributed by atoms with Crippen LogP contribution in [0.3, 0.4) is 0 Å². The van der Waals surface area contributed by atoms with Crippen LogP contribution < -0.4 is 5.32 Å². The van der Waals surface area contributed by atoms with E-state index in [1.54, 1.807) is 5.57 Å². The van der Waals surface area contributed by atoms with Crippen molar-refractivity contribution in [2.45, 2.75) is 45.1 Å². The summed E-state index contributed by atoms with van der Waals surface area (Å²) in [6.07, 6.45) is 8.78. The summed E-state index contributed by atoms with van der Waals surface area (Å²) in [5.41, 5.74) is 2.95. The third-order valence-electron chi connectivity index (χ3n) is 3.51. The first kappa shape index (κ1) is 13.8. The van der Waals surface area contributed by atoms with Gasteiger partial charge in [0.05, 0.1) is 6.04 Å². The van der Waals surface area contributed by atoms with Crippen LogP contribution in [0.5, 0.6) is 0 Å². The molecule has 0 saturated carbocycles. The number of rotatable bonds is 5. The third-order valence-corrected chi connectivity index (χ3v) is 4.23. The average molecular weight is 308 g/mol. The van der Waals surface area contributed by atoms with Gasteiger partial charge >= 0.3 is 0 Å². The molecule has 0 saturated heterocycles. The monoisotopic (exact) mass is 307 g/mol. The molecule has 0 radical (unpaired) electrons. The van der Waals surface area contributed by atoms with Crippen molar-refractivity contribution in [3.8, 4) is 0 Å². The molecule has 98 valence electrons. The number of hydrogen-bond acceptors (Lipinski definition) is 1. The maximum atomic E-state index is 3.70. The van der Waals surface area contributed by atoms with Crippen LogP contribution in [0.25, 0.3) is 0 Å². The lowest BCUT2D eigenvalue weighted by Crippen LogP contribution is -2.25. The van der Waals surface area contributed by atoms with Crippen LogP contribution in [0, 0.1) is 0 Å². The highest BCUT2D eigenvalue weighted by Crippen LogP contribution is 2.33. The molecule has 0 aromatic heterocycles. The molecule has 18 heavy (non-hydrogen) atoms. The highest BCUT2D eigenvalue weighted by Gasteiger charge is 2.19. The van der Waals surface area contributed by atoms with Crippen LogP contribution in [0.1, 0.15) is 50.6 Å². The van der Waals surface area contributed by atoms with E-state index < -0.39 is 0 Å². The average Bonchev–Trinajstić information content (AvgIpc) is 2.42. The van der Waals surface area contributed by atoms with Crippen molar-refractivity contribution in [1.82, 2.24) is 5.32 Å². The Labute approximate surface area is 119 Å². The lowest BCUT2D eigenvalue weighted by molar-refractivity contribution is 0.545. The van der Waals surface area contributed by atoms with Crippen molar-refractivity contribution >= 4 is 15.9 Å². The Morgan fingerprint density at radius 1 is 1.28 bits per heavy atom. The Kier molecular flexibility index (Phi) is 5.45. The lowest BCUT2D eigenvalue weighted by Gasteiger charge is -2.25. The highest BCUT2D eigenvalue weighted by molar-refractivity contribution is 9.10. The van der Waals surface area contributed by atoms with E-state index >= 15 is 0 Å². The van der Waals surface area contributed by atoms with Crippen molar-refractivity contribution in [3.63, 3.8) is 0 Å². The van der Waals surface area contributed by atoms with Crippen molar-refractivity contribution in [1.29, 1.82) is 0 Å². The van der Waals surface area contributed by atoms with Crippen LogP contribution in [-0.4, -0.2) is 6.54 Å². The van der Waals surface area contributed by atoms with Gasteiger partial charge in [0.2, 0.25) is 0 Å². The molecule has 1 N–H and O–H groups in total. The van der Waals surface area contributed by atoms with E-state index in [1.165, 1.54) is 42.1 Å². The number of halogens is 1. The molecule has 2 heteroatoms. The first-order valence-corrected chi connectivity index (χ1v) is 7.79. The molecule has 1 aromatic rings. The minimum atomic E-state index is 0.390. The second-order valence-electron chi connectivity index (χ2n) is 4.93. The summed E-state index contributed by atoms with van der Waals surface area (Å²) in [7, 11) is 0. The Bertz CT molecular complexity index is 411. The zero-order valence-corrected chi connectivity index (χ0v) is 12.7. The summed E-state index contributed by atoms with van der Waals surface area (Å²) in [5, 5.41) is 3.70. The number of hydrogen-bond donors (Lipinski definition) is 1. The molecule has 0 aliphatic heterocycles. The predicted octanol–water partition coefficient (Wildman–Crippen LogP) is 4.99. The molecule has 0 amide bonds. The Morgan fingerprint density at radius 2 is 2.11 bits per heavy atom. The van der Waals surface area contributed by atoms with Crippen LogP contribution in [-0.2, 0) is 0 Å². The van der Waals surface area contributed by atoms with E-state index in [0.29, 0.717) is 6.04 Å². The summed E-state index contributed by atoms with van der Waals surface area (Å²) in [6, 6.07) is 8.97. The summed E-state index contributed by atoms with van der Waals surface area (Å²) in [5.74, 6) is 0. The van der Waals surface area contributed by atoms with Crippen molar-refractivity contribution in [2.24, 2.45) is 0 Å². The molecular weight excluding hydrogens is 286 g/mol. The summed E-state index contributed by atoms with van der Waals surface area (Å²) >= 11 is 3.69. The maximum Gasteiger partial charge on any atom is 0.0547 e. The van der Waals surface area contributed by atoms with Gasteiger partial charge < -0.3 is 5.32 Å². The van der Waals surface area contributed by atoms with Gasteiger partial charge in [0.1, 0.15) is 0 Å². The maximum absolute atomic E-state index is 3.70. The SMILES string of the molecule is CCCNC(C1=CCCCC1)c1ccccc1Br. The van der Waals surface area contributed by atoms with E-state index in [4.69, 9.17) is 0 Å². The smallest absolute Gasteiger partial charge is 0.0547 e. The molecular formula is C16H22BrN. The van der Waals surface area contributed by atoms with Crippen LogP contribution in [0.4, 0.5) is 0 Å². The molecule has 1 nitrogen and oxygen atoms in total. The van der Waals surface area contributed by atoms with Gasteiger partial charge in [-0.05, 0) is 50.3 Å². The van der Waals surface area contributed by atoms with Gasteiger partial charge in [0, 0.05) is 4.47 Å². The minimum absolute atomic E-state index is 0.390. The molecule has 1 unspecified atom stereocenters. The first-order valence-electron chi connectivity index (χ1n) is 6.99. The van der Waals surface area contributed by atoms with E-state index in [-0.39, 0.29) is 0 Å². The lowest BCUT2D eigenvalue weighted by atomic mass is 9.90. The van der Waals surface area contributed by atoms with Gasteiger partial charge in [-0.1, -0.05) is 52.7 Å². The fourth-order valence-corrected chi connectivity index (χ4v) is 3.08. The highest BCUT2D eigenvalue weighted by atomic mass is 79.9. The van der Waals surface area contributed by atoms with Gasteiger partial charge in [-0.25, -0.2) is 0 Å². The van der Waals surface area contributed by atoms with Gasteiger partial charge in [-0.15, -0.1) is 0 Å². The molecule has 0 bridgehead atoms. The second kappa shape index (κ2) is 7.10. The zero-order chi connectivity index (χ0) is 12.8. The summed E-state index contributed by atoms with van der Waals surface area (Å²) in [4.78, 5) is 0. The molecule has 1 aliphatic carbocycles. The number of allylic oxidation sites excluding steroid dienone is 1. The Morgan fingerprint density at radius 3 is 2.78 bits per heavy atom. The van der Waals surface area contributed by atoms with E-state index in [2.05, 4.69) is 58.5 Å². The van der Waals surface area contributed by atoms with Crippen molar-refractivity contribution < 1.29 is 0 Å². The number of benzene rings is 1. The van der Waals surface area contributed by atoms with Gasteiger partial charge in [0.15, 0.2) is 0 Å². The second-order valence-corrected chi connectivity index (χ2v) is 5.79. The van der Waals surface area contributed by atoms with Gasteiger partial charge in [-0.2, -0.15) is 0 Å². The predicted molar refractivity (Wildman–Crippen MR) is 81.7 cm³/mol. The third kappa shape index (κ3) is 3.46. The molecule has 0 fully saturated rings. The van der Waals surface area contributed by atoms with E-state index in [9.17, 15) is 0 Å². The normalized spacial score (nSPS) is 17.3. The van der Waals surface area contributed by atoms with Gasteiger partial charge in [0.25, 0.3) is 0 Å².